The molecule has 164 valence electrons. The molecule has 1 unspecified atom stereocenters. The first kappa shape index (κ1) is 26.3. The second kappa shape index (κ2) is 11.6. The molecule has 0 N–H and O–H groups in total. The van der Waals surface area contributed by atoms with Crippen molar-refractivity contribution in [3.05, 3.63) is 0 Å². The fourth-order valence-corrected chi connectivity index (χ4v) is 22.4. The Balaban J connectivity index is 3.19. The molecule has 0 amide bonds. The van der Waals surface area contributed by atoms with Gasteiger partial charge in [-0.05, 0) is 0 Å². The van der Waals surface area contributed by atoms with Gasteiger partial charge < -0.3 is 0 Å². The second-order valence-corrected chi connectivity index (χ2v) is 23.7. The van der Waals surface area contributed by atoms with Crippen LogP contribution < -0.4 is 0 Å². The molecule has 4 nitrogen and oxygen atoms in total. The van der Waals surface area contributed by atoms with Crippen molar-refractivity contribution in [2.24, 2.45) is 0 Å². The van der Waals surface area contributed by atoms with Crippen LogP contribution in [0.5, 0.6) is 0 Å². The van der Waals surface area contributed by atoms with E-state index in [-0.39, 0.29) is 28.2 Å². The van der Waals surface area contributed by atoms with E-state index in [1.165, 1.54) is 51.8 Å². The van der Waals surface area contributed by atoms with Gasteiger partial charge in [-0.2, -0.15) is 0 Å². The number of unbranched alkanes of at least 4 members (excludes halogenated alkanes) is 3. The third-order valence-corrected chi connectivity index (χ3v) is 24.2. The summed E-state index contributed by atoms with van der Waals surface area (Å²) in [6.07, 6.45) is 7.97. The number of carbonyl (C=O) groups excluding carboxylic acids is 1. The average molecular weight is 503 g/mol. The second-order valence-electron chi connectivity index (χ2n) is 9.67. The van der Waals surface area contributed by atoms with E-state index in [9.17, 15) is 4.79 Å². The van der Waals surface area contributed by atoms with E-state index in [1.54, 1.807) is 7.11 Å². The molecular formula is C22H45BO4Sn. The predicted octanol–water partition coefficient (Wildman–Crippen LogP) is 6.47. The van der Waals surface area contributed by atoms with Gasteiger partial charge in [-0.3, -0.25) is 0 Å². The third kappa shape index (κ3) is 6.63. The molecule has 1 fully saturated rings. The first-order valence-electron chi connectivity index (χ1n) is 11.5. The third-order valence-electron chi connectivity index (χ3n) is 7.04. The van der Waals surface area contributed by atoms with Crippen molar-refractivity contribution in [1.29, 1.82) is 0 Å². The Morgan fingerprint density at radius 2 is 1.29 bits per heavy atom. The molecule has 0 aromatic heterocycles. The minimum absolute atomic E-state index is 0.00572. The predicted molar refractivity (Wildman–Crippen MR) is 122 cm³/mol. The zero-order chi connectivity index (χ0) is 21.4. The Hall–Kier alpha value is 0.254. The van der Waals surface area contributed by atoms with Crippen molar-refractivity contribution in [3.8, 4) is 0 Å². The number of hydrogen-bond acceptors (Lipinski definition) is 4. The summed E-state index contributed by atoms with van der Waals surface area (Å²) in [5, 5.41) is 0. The van der Waals surface area contributed by atoms with Crippen molar-refractivity contribution in [3.63, 3.8) is 0 Å². The quantitative estimate of drug-likeness (QED) is 0.214. The van der Waals surface area contributed by atoms with Crippen molar-refractivity contribution in [2.75, 3.05) is 7.11 Å². The van der Waals surface area contributed by atoms with Gasteiger partial charge in [0.25, 0.3) is 0 Å². The van der Waals surface area contributed by atoms with Gasteiger partial charge in [-0.1, -0.05) is 0 Å². The van der Waals surface area contributed by atoms with E-state index < -0.39 is 18.4 Å². The molecular weight excluding hydrogens is 458 g/mol. The Labute approximate surface area is 178 Å². The van der Waals surface area contributed by atoms with E-state index in [4.69, 9.17) is 14.0 Å². The van der Waals surface area contributed by atoms with Crippen molar-refractivity contribution in [1.82, 2.24) is 0 Å². The van der Waals surface area contributed by atoms with Gasteiger partial charge >= 0.3 is 179 Å². The van der Waals surface area contributed by atoms with Crippen LogP contribution in [0.2, 0.25) is 23.6 Å². The zero-order valence-corrected chi connectivity index (χ0v) is 22.7. The normalized spacial score (nSPS) is 19.6. The van der Waals surface area contributed by atoms with Crippen molar-refractivity contribution < 1.29 is 18.8 Å². The molecule has 0 aliphatic carbocycles. The zero-order valence-electron chi connectivity index (χ0n) is 19.9. The van der Waals surface area contributed by atoms with Crippen LogP contribution in [0.1, 0.15) is 87.0 Å². The molecule has 0 bridgehead atoms. The molecule has 1 saturated heterocycles. The molecule has 0 aromatic rings. The maximum absolute atomic E-state index is 13.1. The standard InChI is InChI=1S/C10H18BO4.3C4H9.Sn/c1-9(2)10(3,4)15-11(14-9)7-6-8(12)13-5;3*1-3-4-2;/h6H,7H2,1-5H3;3*1,3-4H2,2H3;. The molecule has 1 heterocycles. The number of esters is 1. The molecule has 1 aliphatic heterocycles. The molecule has 0 aromatic carbocycles. The Bertz CT molecular complexity index is 443. The summed E-state index contributed by atoms with van der Waals surface area (Å²) < 4.78 is 21.9. The summed E-state index contributed by atoms with van der Waals surface area (Å²) in [6, 6.07) is 0. The van der Waals surface area contributed by atoms with Gasteiger partial charge in [-0.25, -0.2) is 0 Å². The SMILES string of the molecule is CCC[CH2][Sn]([CH2]CCC)([CH2]CCC)[CH](CB1OC(C)(C)C(C)(C)O1)C(=O)OC. The molecule has 6 heteroatoms. The first-order chi connectivity index (χ1) is 13.1. The van der Waals surface area contributed by atoms with Gasteiger partial charge in [0.15, 0.2) is 0 Å². The van der Waals surface area contributed by atoms with Gasteiger partial charge in [-0.15, -0.1) is 0 Å². The Kier molecular flexibility index (Phi) is 10.9. The molecule has 0 saturated carbocycles. The summed E-state index contributed by atoms with van der Waals surface area (Å²) >= 11 is -2.81. The van der Waals surface area contributed by atoms with Crippen LogP contribution in [-0.4, -0.2) is 49.8 Å². The van der Waals surface area contributed by atoms with Gasteiger partial charge in [0, 0.05) is 0 Å². The van der Waals surface area contributed by atoms with Crippen LogP contribution in [0.4, 0.5) is 0 Å². The summed E-state index contributed by atoms with van der Waals surface area (Å²) in [4.78, 5) is 13.1. The number of hydrogen-bond donors (Lipinski definition) is 0. The van der Waals surface area contributed by atoms with Gasteiger partial charge in [0.1, 0.15) is 0 Å². The number of rotatable bonds is 13. The molecule has 1 rings (SSSR count). The van der Waals surface area contributed by atoms with Gasteiger partial charge in [0.05, 0.1) is 0 Å². The summed E-state index contributed by atoms with van der Waals surface area (Å²) in [7, 11) is 1.24. The van der Waals surface area contributed by atoms with Crippen molar-refractivity contribution >= 4 is 31.5 Å². The van der Waals surface area contributed by atoms with E-state index in [0.29, 0.717) is 6.32 Å². The van der Waals surface area contributed by atoms with Crippen molar-refractivity contribution in [2.45, 2.75) is 122 Å². The number of ether oxygens (including phenoxy) is 1. The minimum atomic E-state index is -2.81. The summed E-state index contributed by atoms with van der Waals surface area (Å²) in [5.41, 5.74) is -0.709. The number of carbonyl (C=O) groups is 1. The molecule has 0 radical (unpaired) electrons. The summed E-state index contributed by atoms with van der Waals surface area (Å²) in [6.45, 7) is 15.1. The van der Waals surface area contributed by atoms with Crippen LogP contribution in [-0.2, 0) is 18.8 Å². The van der Waals surface area contributed by atoms with Crippen LogP contribution >= 0.6 is 0 Å². The maximum atomic E-state index is 13.1. The molecule has 1 atom stereocenters. The Morgan fingerprint density at radius 3 is 1.61 bits per heavy atom. The van der Waals surface area contributed by atoms with E-state index in [1.807, 2.05) is 0 Å². The van der Waals surface area contributed by atoms with Gasteiger partial charge in [0.2, 0.25) is 0 Å². The van der Waals surface area contributed by atoms with Crippen LogP contribution in [0, 0.1) is 0 Å². The molecule has 0 spiro atoms. The van der Waals surface area contributed by atoms with Crippen LogP contribution in [0.15, 0.2) is 0 Å². The average Bonchev–Trinajstić information content (AvgIpc) is 2.85. The Morgan fingerprint density at radius 1 is 0.893 bits per heavy atom. The number of methoxy groups -OCH3 is 1. The summed E-state index contributed by atoms with van der Waals surface area (Å²) in [5.74, 6) is -0.00572. The van der Waals surface area contributed by atoms with Crippen LogP contribution in [0.25, 0.3) is 0 Å². The van der Waals surface area contributed by atoms with E-state index in [0.717, 1.165) is 0 Å². The molecule has 1 aliphatic rings. The van der Waals surface area contributed by atoms with E-state index in [2.05, 4.69) is 48.5 Å². The van der Waals surface area contributed by atoms with E-state index >= 15 is 0 Å². The molecule has 28 heavy (non-hydrogen) atoms. The monoisotopic (exact) mass is 504 g/mol. The first-order valence-corrected chi connectivity index (χ1v) is 19.2. The van der Waals surface area contributed by atoms with Crippen LogP contribution in [0.3, 0.4) is 0 Å². The fraction of sp³-hybridized carbons (Fsp3) is 0.955. The topological polar surface area (TPSA) is 44.8 Å². The fourth-order valence-electron chi connectivity index (χ4n) is 4.48.